The third-order valence-corrected chi connectivity index (χ3v) is 5.20. The van der Waals surface area contributed by atoms with E-state index in [9.17, 15) is 0 Å². The summed E-state index contributed by atoms with van der Waals surface area (Å²) in [5.41, 5.74) is 5.01. The van der Waals surface area contributed by atoms with Crippen molar-refractivity contribution in [3.8, 4) is 22.9 Å². The molecular formula is C25H38N2O2. The molecule has 0 radical (unpaired) electrons. The smallest absolute Gasteiger partial charge is 0.235 e. The highest BCUT2D eigenvalue weighted by Gasteiger charge is 2.19. The average Bonchev–Trinajstić information content (AvgIpc) is 2.70. The first-order valence-electron chi connectivity index (χ1n) is 11.0. The van der Waals surface area contributed by atoms with Gasteiger partial charge in [-0.25, -0.2) is 9.97 Å². The summed E-state index contributed by atoms with van der Waals surface area (Å²) in [5, 5.41) is 0. The Morgan fingerprint density at radius 1 is 0.931 bits per heavy atom. The van der Waals surface area contributed by atoms with Crippen molar-refractivity contribution < 1.29 is 9.47 Å². The van der Waals surface area contributed by atoms with Gasteiger partial charge in [-0.1, -0.05) is 54.5 Å². The van der Waals surface area contributed by atoms with E-state index in [2.05, 4.69) is 66.7 Å². The van der Waals surface area contributed by atoms with Crippen molar-refractivity contribution in [1.29, 1.82) is 0 Å². The van der Waals surface area contributed by atoms with Gasteiger partial charge in [-0.15, -0.1) is 0 Å². The Balaban J connectivity index is 2.42. The minimum absolute atomic E-state index is 0.449. The number of hydrogen-bond donors (Lipinski definition) is 0. The summed E-state index contributed by atoms with van der Waals surface area (Å²) in [6.07, 6.45) is 2.72. The molecule has 0 fully saturated rings. The lowest BCUT2D eigenvalue weighted by atomic mass is 9.98. The molecule has 4 nitrogen and oxygen atoms in total. The van der Waals surface area contributed by atoms with Crippen LogP contribution in [0.25, 0.3) is 11.3 Å². The zero-order valence-electron chi connectivity index (χ0n) is 19.5. The van der Waals surface area contributed by atoms with Crippen molar-refractivity contribution in [2.45, 2.75) is 73.6 Å². The maximum Gasteiger partial charge on any atom is 0.235 e. The van der Waals surface area contributed by atoms with Crippen molar-refractivity contribution in [2.24, 2.45) is 11.8 Å². The quantitative estimate of drug-likeness (QED) is 0.460. The van der Waals surface area contributed by atoms with Gasteiger partial charge in [0.05, 0.1) is 25.1 Å². The Bertz CT molecular complexity index is 800. The lowest BCUT2D eigenvalue weighted by Crippen LogP contribution is -2.14. The zero-order valence-corrected chi connectivity index (χ0v) is 19.5. The number of aryl methyl sites for hydroxylation is 2. The molecule has 0 saturated carbocycles. The van der Waals surface area contributed by atoms with E-state index in [1.54, 1.807) is 7.11 Å². The minimum Gasteiger partial charge on any atom is -0.496 e. The molecule has 1 heterocycles. The van der Waals surface area contributed by atoms with Gasteiger partial charge in [0.2, 0.25) is 5.88 Å². The van der Waals surface area contributed by atoms with Crippen molar-refractivity contribution in [2.75, 3.05) is 13.7 Å². The van der Waals surface area contributed by atoms with Crippen LogP contribution in [0.5, 0.6) is 11.6 Å². The number of nitrogens with zero attached hydrogens (tertiary/aromatic N) is 2. The zero-order chi connectivity index (χ0) is 21.6. The van der Waals surface area contributed by atoms with E-state index >= 15 is 0 Å². The second-order valence-corrected chi connectivity index (χ2v) is 8.64. The molecule has 0 saturated heterocycles. The van der Waals surface area contributed by atoms with Crippen LogP contribution in [0.15, 0.2) is 18.2 Å². The molecule has 2 rings (SSSR count). The molecule has 4 heteroatoms. The summed E-state index contributed by atoms with van der Waals surface area (Å²) < 4.78 is 11.8. The Morgan fingerprint density at radius 2 is 1.62 bits per heavy atom. The van der Waals surface area contributed by atoms with Crippen LogP contribution in [0.1, 0.15) is 77.8 Å². The highest BCUT2D eigenvalue weighted by molar-refractivity contribution is 5.70. The highest BCUT2D eigenvalue weighted by atomic mass is 16.5. The van der Waals surface area contributed by atoms with Gasteiger partial charge in [-0.2, -0.15) is 0 Å². The molecular weight excluding hydrogens is 360 g/mol. The lowest BCUT2D eigenvalue weighted by Gasteiger charge is -2.19. The second kappa shape index (κ2) is 10.6. The molecule has 0 aliphatic rings. The Kier molecular flexibility index (Phi) is 8.48. The molecule has 160 valence electrons. The largest absolute Gasteiger partial charge is 0.496 e. The SMILES string of the molecule is CCc1nc(-c2ccc(C(C)C)cc2OC)c(CC)nc1OCC(C)CC(C)C. The monoisotopic (exact) mass is 398 g/mol. The third-order valence-electron chi connectivity index (χ3n) is 5.20. The van der Waals surface area contributed by atoms with Crippen LogP contribution in [0.3, 0.4) is 0 Å². The van der Waals surface area contributed by atoms with Crippen LogP contribution in [-0.2, 0) is 12.8 Å². The van der Waals surface area contributed by atoms with Gasteiger partial charge in [-0.3, -0.25) is 0 Å². The molecule has 2 aromatic rings. The molecule has 1 aromatic heterocycles. The first-order chi connectivity index (χ1) is 13.8. The van der Waals surface area contributed by atoms with E-state index in [1.807, 2.05) is 0 Å². The van der Waals surface area contributed by atoms with Crippen LogP contribution in [0.4, 0.5) is 0 Å². The molecule has 1 atom stereocenters. The number of methoxy groups -OCH3 is 1. The maximum atomic E-state index is 6.13. The summed E-state index contributed by atoms with van der Waals surface area (Å²) in [5.74, 6) is 3.14. The summed E-state index contributed by atoms with van der Waals surface area (Å²) in [6.45, 7) is 16.0. The average molecular weight is 399 g/mol. The van der Waals surface area contributed by atoms with Gasteiger partial charge in [0, 0.05) is 5.56 Å². The van der Waals surface area contributed by atoms with Gasteiger partial charge in [0.15, 0.2) is 0 Å². The van der Waals surface area contributed by atoms with E-state index in [4.69, 9.17) is 19.4 Å². The fraction of sp³-hybridized carbons (Fsp3) is 0.600. The van der Waals surface area contributed by atoms with Crippen molar-refractivity contribution in [3.63, 3.8) is 0 Å². The van der Waals surface area contributed by atoms with Crippen LogP contribution >= 0.6 is 0 Å². The van der Waals surface area contributed by atoms with Crippen LogP contribution in [-0.4, -0.2) is 23.7 Å². The lowest BCUT2D eigenvalue weighted by molar-refractivity contribution is 0.228. The number of rotatable bonds is 10. The van der Waals surface area contributed by atoms with Gasteiger partial charge in [-0.05, 0) is 54.7 Å². The standard InChI is InChI=1S/C25H38N2O2/c1-9-21-24(20-12-11-19(17(5)6)14-23(20)28-8)26-22(10-2)25(27-21)29-15-18(7)13-16(3)4/h11-12,14,16-18H,9-10,13,15H2,1-8H3. The van der Waals surface area contributed by atoms with Gasteiger partial charge in [0.1, 0.15) is 11.4 Å². The minimum atomic E-state index is 0.449. The van der Waals surface area contributed by atoms with E-state index in [0.29, 0.717) is 30.2 Å². The Hall–Kier alpha value is -2.10. The molecule has 1 unspecified atom stereocenters. The fourth-order valence-electron chi connectivity index (χ4n) is 3.65. The normalized spacial score (nSPS) is 12.5. The topological polar surface area (TPSA) is 44.2 Å². The van der Waals surface area contributed by atoms with E-state index in [1.165, 1.54) is 5.56 Å². The highest BCUT2D eigenvalue weighted by Crippen LogP contribution is 2.35. The van der Waals surface area contributed by atoms with Gasteiger partial charge >= 0.3 is 0 Å². The van der Waals surface area contributed by atoms with E-state index in [-0.39, 0.29) is 0 Å². The fourth-order valence-corrected chi connectivity index (χ4v) is 3.65. The van der Waals surface area contributed by atoms with Gasteiger partial charge < -0.3 is 9.47 Å². The van der Waals surface area contributed by atoms with Crippen molar-refractivity contribution >= 4 is 0 Å². The first kappa shape index (κ1) is 23.2. The van der Waals surface area contributed by atoms with Crippen molar-refractivity contribution in [1.82, 2.24) is 9.97 Å². The van der Waals surface area contributed by atoms with Crippen LogP contribution in [0.2, 0.25) is 0 Å². The molecule has 0 spiro atoms. The summed E-state index contributed by atoms with van der Waals surface area (Å²) in [6, 6.07) is 6.39. The molecule has 0 aliphatic carbocycles. The summed E-state index contributed by atoms with van der Waals surface area (Å²) in [4.78, 5) is 9.87. The summed E-state index contributed by atoms with van der Waals surface area (Å²) >= 11 is 0. The molecule has 0 amide bonds. The number of hydrogen-bond acceptors (Lipinski definition) is 4. The van der Waals surface area contributed by atoms with Crippen LogP contribution in [0, 0.1) is 11.8 Å². The molecule has 0 bridgehead atoms. The van der Waals surface area contributed by atoms with Crippen LogP contribution < -0.4 is 9.47 Å². The Labute approximate surface area is 177 Å². The van der Waals surface area contributed by atoms with Gasteiger partial charge in [0.25, 0.3) is 0 Å². The molecule has 0 aliphatic heterocycles. The van der Waals surface area contributed by atoms with E-state index < -0.39 is 0 Å². The van der Waals surface area contributed by atoms with E-state index in [0.717, 1.165) is 47.7 Å². The second-order valence-electron chi connectivity index (χ2n) is 8.64. The Morgan fingerprint density at radius 3 is 2.17 bits per heavy atom. The number of aromatic nitrogens is 2. The number of ether oxygens (including phenoxy) is 2. The van der Waals surface area contributed by atoms with Crippen molar-refractivity contribution in [3.05, 3.63) is 35.2 Å². The number of benzene rings is 1. The molecule has 1 aromatic carbocycles. The molecule has 0 N–H and O–H groups in total. The first-order valence-corrected chi connectivity index (χ1v) is 11.0. The maximum absolute atomic E-state index is 6.13. The summed E-state index contributed by atoms with van der Waals surface area (Å²) in [7, 11) is 1.72. The third kappa shape index (κ3) is 5.94. The predicted molar refractivity (Wildman–Crippen MR) is 121 cm³/mol. The predicted octanol–water partition coefficient (Wildman–Crippen LogP) is 6.46. The molecule has 29 heavy (non-hydrogen) atoms.